The smallest absolute Gasteiger partial charge is 0.351 e. The van der Waals surface area contributed by atoms with Gasteiger partial charge in [0.1, 0.15) is 11.1 Å². The Hall–Kier alpha value is -3.83. The molecule has 0 aliphatic heterocycles. The number of carbonyl (C=O) groups excluding carboxylic acids is 1. The van der Waals surface area contributed by atoms with Crippen LogP contribution in [0.25, 0.3) is 11.0 Å². The Bertz CT molecular complexity index is 1320. The van der Waals surface area contributed by atoms with Crippen LogP contribution in [-0.2, 0) is 11.2 Å². The Morgan fingerprint density at radius 1 is 1.00 bits per heavy atom. The summed E-state index contributed by atoms with van der Waals surface area (Å²) in [6.07, 6.45) is 0.568. The van der Waals surface area contributed by atoms with Crippen molar-refractivity contribution in [2.45, 2.75) is 11.6 Å². The van der Waals surface area contributed by atoms with E-state index >= 15 is 0 Å². The lowest BCUT2D eigenvalue weighted by atomic mass is 10.2. The molecule has 2 aromatic carbocycles. The molecule has 2 aromatic heterocycles. The molecule has 0 N–H and O–H groups in total. The molecule has 0 unspecified atom stereocenters. The first-order chi connectivity index (χ1) is 15.2. The Morgan fingerprint density at radius 2 is 1.81 bits per heavy atom. The van der Waals surface area contributed by atoms with Crippen molar-refractivity contribution in [3.63, 3.8) is 0 Å². The van der Waals surface area contributed by atoms with Crippen molar-refractivity contribution in [2.75, 3.05) is 12.4 Å². The van der Waals surface area contributed by atoms with Gasteiger partial charge < -0.3 is 13.6 Å². The highest BCUT2D eigenvalue weighted by Gasteiger charge is 2.14. The number of hydrogen-bond donors (Lipinski definition) is 0. The van der Waals surface area contributed by atoms with Gasteiger partial charge in [-0.1, -0.05) is 72.1 Å². The topological polar surface area (TPSA) is 95.4 Å². The highest BCUT2D eigenvalue weighted by molar-refractivity contribution is 7.99. The van der Waals surface area contributed by atoms with Crippen LogP contribution < -0.4 is 5.63 Å². The van der Waals surface area contributed by atoms with E-state index in [1.165, 1.54) is 17.8 Å². The number of fused-ring (bicyclic) bond motifs is 1. The highest BCUT2D eigenvalue weighted by atomic mass is 32.2. The monoisotopic (exact) mass is 432 g/mol. The Morgan fingerprint density at radius 3 is 2.68 bits per heavy atom. The second kappa shape index (κ2) is 9.78. The van der Waals surface area contributed by atoms with E-state index in [1.807, 2.05) is 30.3 Å². The van der Waals surface area contributed by atoms with Gasteiger partial charge in [0.25, 0.3) is 5.22 Å². The van der Waals surface area contributed by atoms with Crippen LogP contribution in [0, 0.1) is 11.8 Å². The predicted octanol–water partition coefficient (Wildman–Crippen LogP) is 3.72. The predicted molar refractivity (Wildman–Crippen MR) is 115 cm³/mol. The fraction of sp³-hybridized carbons (Fsp3) is 0.130. The molecule has 0 aliphatic rings. The third-order valence-electron chi connectivity index (χ3n) is 4.18. The Kier molecular flexibility index (Phi) is 6.45. The summed E-state index contributed by atoms with van der Waals surface area (Å²) in [6.45, 7) is -0.144. The fourth-order valence-corrected chi connectivity index (χ4v) is 3.27. The van der Waals surface area contributed by atoms with E-state index in [0.29, 0.717) is 34.3 Å². The molecular weight excluding hydrogens is 416 g/mol. The molecule has 4 rings (SSSR count). The first-order valence-electron chi connectivity index (χ1n) is 9.34. The molecule has 0 saturated carbocycles. The normalized spacial score (nSPS) is 10.5. The summed E-state index contributed by atoms with van der Waals surface area (Å²) in [7, 11) is 0. The van der Waals surface area contributed by atoms with E-state index in [9.17, 15) is 9.59 Å². The first-order valence-corrected chi connectivity index (χ1v) is 10.3. The van der Waals surface area contributed by atoms with Crippen LogP contribution in [0.3, 0.4) is 0 Å². The first kappa shape index (κ1) is 20.4. The quantitative estimate of drug-likeness (QED) is 0.197. The molecule has 31 heavy (non-hydrogen) atoms. The number of ether oxygens (including phenoxy) is 1. The van der Waals surface area contributed by atoms with E-state index in [0.717, 1.165) is 5.56 Å². The molecule has 0 fully saturated rings. The average Bonchev–Trinajstić information content (AvgIpc) is 3.23. The summed E-state index contributed by atoms with van der Waals surface area (Å²) in [4.78, 5) is 24.1. The van der Waals surface area contributed by atoms with Gasteiger partial charge in [0.15, 0.2) is 6.61 Å². The Labute approximate surface area is 181 Å². The largest absolute Gasteiger partial charge is 0.449 e. The zero-order chi connectivity index (χ0) is 21.5. The molecule has 4 aromatic rings. The van der Waals surface area contributed by atoms with Gasteiger partial charge in [0.2, 0.25) is 5.89 Å². The molecule has 0 atom stereocenters. The number of esters is 1. The van der Waals surface area contributed by atoms with Crippen molar-refractivity contribution in [3.8, 4) is 11.8 Å². The van der Waals surface area contributed by atoms with Crippen molar-refractivity contribution in [2.24, 2.45) is 0 Å². The molecule has 0 saturated heterocycles. The zero-order valence-corrected chi connectivity index (χ0v) is 17.1. The minimum absolute atomic E-state index is 0.144. The lowest BCUT2D eigenvalue weighted by molar-refractivity contribution is 0.0552. The molecule has 0 amide bonds. The molecular formula is C23H16N2O5S. The summed E-state index contributed by atoms with van der Waals surface area (Å²) < 4.78 is 15.8. The number of nitrogens with zero attached hydrogens (tertiary/aromatic N) is 2. The van der Waals surface area contributed by atoms with Gasteiger partial charge in [0, 0.05) is 5.39 Å². The zero-order valence-electron chi connectivity index (χ0n) is 16.2. The third kappa shape index (κ3) is 5.41. The number of rotatable bonds is 6. The number of para-hydroxylation sites is 1. The maximum Gasteiger partial charge on any atom is 0.351 e. The van der Waals surface area contributed by atoms with Gasteiger partial charge in [-0.15, -0.1) is 10.2 Å². The van der Waals surface area contributed by atoms with Crippen molar-refractivity contribution < 1.29 is 18.4 Å². The van der Waals surface area contributed by atoms with Crippen molar-refractivity contribution in [3.05, 3.63) is 88.1 Å². The van der Waals surface area contributed by atoms with E-state index in [2.05, 4.69) is 22.0 Å². The maximum atomic E-state index is 12.1. The molecule has 154 valence electrons. The van der Waals surface area contributed by atoms with E-state index < -0.39 is 11.6 Å². The van der Waals surface area contributed by atoms with E-state index in [-0.39, 0.29) is 12.2 Å². The van der Waals surface area contributed by atoms with Gasteiger partial charge in [0.05, 0.1) is 12.2 Å². The van der Waals surface area contributed by atoms with Crippen LogP contribution in [0.4, 0.5) is 0 Å². The molecule has 0 bridgehead atoms. The summed E-state index contributed by atoms with van der Waals surface area (Å²) in [5, 5.41) is 9.06. The van der Waals surface area contributed by atoms with Crippen molar-refractivity contribution in [1.82, 2.24) is 10.2 Å². The standard InChI is InChI=1S/C23H16N2O5S/c26-21(18-15-17-10-4-5-11-19(17)29-22(18)27)28-12-6-7-13-31-23-25-24-20(30-23)14-16-8-2-1-3-9-16/h1-5,8-11,15H,12-14H2. The molecule has 8 heteroatoms. The van der Waals surface area contributed by atoms with Gasteiger partial charge in [-0.05, 0) is 17.7 Å². The van der Waals surface area contributed by atoms with E-state index in [1.54, 1.807) is 24.3 Å². The molecule has 2 heterocycles. The third-order valence-corrected chi connectivity index (χ3v) is 4.88. The fourth-order valence-electron chi connectivity index (χ4n) is 2.72. The van der Waals surface area contributed by atoms with Gasteiger partial charge in [-0.3, -0.25) is 0 Å². The number of benzene rings is 2. The van der Waals surface area contributed by atoms with Gasteiger partial charge >= 0.3 is 11.6 Å². The SMILES string of the molecule is O=C(OCC#CCSc1nnc(Cc2ccccc2)o1)c1cc2ccccc2oc1=O. The summed E-state index contributed by atoms with van der Waals surface area (Å²) in [5.74, 6) is 5.72. The highest BCUT2D eigenvalue weighted by Crippen LogP contribution is 2.17. The molecule has 0 aliphatic carbocycles. The number of hydrogen-bond acceptors (Lipinski definition) is 8. The number of carbonyl (C=O) groups is 1. The molecule has 0 spiro atoms. The van der Waals surface area contributed by atoms with Crippen LogP contribution in [-0.4, -0.2) is 28.5 Å². The van der Waals surface area contributed by atoms with Gasteiger partial charge in [-0.25, -0.2) is 9.59 Å². The lowest BCUT2D eigenvalue weighted by Crippen LogP contribution is -2.16. The molecule has 7 nitrogen and oxygen atoms in total. The Balaban J connectivity index is 1.25. The summed E-state index contributed by atoms with van der Waals surface area (Å²) >= 11 is 1.29. The van der Waals surface area contributed by atoms with Crippen LogP contribution in [0.5, 0.6) is 0 Å². The summed E-state index contributed by atoms with van der Waals surface area (Å²) in [6, 6.07) is 18.2. The van der Waals surface area contributed by atoms with Crippen LogP contribution >= 0.6 is 11.8 Å². The maximum absolute atomic E-state index is 12.1. The van der Waals surface area contributed by atoms with E-state index in [4.69, 9.17) is 13.6 Å². The van der Waals surface area contributed by atoms with Crippen LogP contribution in [0.2, 0.25) is 0 Å². The van der Waals surface area contributed by atoms with Crippen molar-refractivity contribution >= 4 is 28.7 Å². The minimum atomic E-state index is -0.774. The average molecular weight is 432 g/mol. The van der Waals surface area contributed by atoms with Gasteiger partial charge in [-0.2, -0.15) is 0 Å². The number of aromatic nitrogens is 2. The summed E-state index contributed by atoms with van der Waals surface area (Å²) in [5.41, 5.74) is 0.597. The second-order valence-electron chi connectivity index (χ2n) is 6.33. The van der Waals surface area contributed by atoms with Crippen LogP contribution in [0.15, 0.2) is 79.5 Å². The molecule has 0 radical (unpaired) electrons. The second-order valence-corrected chi connectivity index (χ2v) is 7.25. The lowest BCUT2D eigenvalue weighted by Gasteiger charge is -2.01. The minimum Gasteiger partial charge on any atom is -0.449 e. The van der Waals surface area contributed by atoms with Crippen LogP contribution in [0.1, 0.15) is 21.8 Å². The number of thioether (sulfide) groups is 1. The van der Waals surface area contributed by atoms with Crippen molar-refractivity contribution in [1.29, 1.82) is 0 Å².